The number of rotatable bonds is 5. The second-order valence-corrected chi connectivity index (χ2v) is 2.84. The van der Waals surface area contributed by atoms with Gasteiger partial charge >= 0.3 is 5.97 Å². The molecule has 5 heteroatoms. The molecule has 0 amide bonds. The summed E-state index contributed by atoms with van der Waals surface area (Å²) in [5.74, 6) is 0.648. The van der Waals surface area contributed by atoms with E-state index in [-0.39, 0.29) is 12.4 Å². The second kappa shape index (κ2) is 5.36. The van der Waals surface area contributed by atoms with Gasteiger partial charge in [0.05, 0.1) is 6.61 Å². The molecule has 14 heavy (non-hydrogen) atoms. The monoisotopic (exact) mass is 198 g/mol. The second-order valence-electron chi connectivity index (χ2n) is 2.84. The van der Waals surface area contributed by atoms with Crippen LogP contribution < -0.4 is 0 Å². The SMILES string of the molecule is CCCc1nc(CC(=O)OCC)no1. The molecule has 5 nitrogen and oxygen atoms in total. The van der Waals surface area contributed by atoms with E-state index in [4.69, 9.17) is 9.26 Å². The Kier molecular flexibility index (Phi) is 4.10. The fourth-order valence-corrected chi connectivity index (χ4v) is 1.02. The molecule has 1 heterocycles. The van der Waals surface area contributed by atoms with E-state index >= 15 is 0 Å². The van der Waals surface area contributed by atoms with Crippen molar-refractivity contribution in [3.63, 3.8) is 0 Å². The predicted molar refractivity (Wildman–Crippen MR) is 48.6 cm³/mol. The van der Waals surface area contributed by atoms with Crippen LogP contribution in [0.25, 0.3) is 0 Å². The van der Waals surface area contributed by atoms with Gasteiger partial charge in [0.15, 0.2) is 5.82 Å². The Labute approximate surface area is 82.4 Å². The predicted octanol–water partition coefficient (Wildman–Crippen LogP) is 1.13. The highest BCUT2D eigenvalue weighted by atomic mass is 16.5. The van der Waals surface area contributed by atoms with Crippen LogP contribution in [0, 0.1) is 0 Å². The van der Waals surface area contributed by atoms with E-state index in [9.17, 15) is 4.79 Å². The van der Waals surface area contributed by atoms with E-state index in [0.29, 0.717) is 18.3 Å². The minimum absolute atomic E-state index is 0.0844. The van der Waals surface area contributed by atoms with E-state index < -0.39 is 0 Å². The van der Waals surface area contributed by atoms with Crippen LogP contribution in [0.15, 0.2) is 4.52 Å². The summed E-state index contributed by atoms with van der Waals surface area (Å²) in [6, 6.07) is 0. The van der Waals surface area contributed by atoms with Crippen LogP contribution in [-0.2, 0) is 22.4 Å². The van der Waals surface area contributed by atoms with Crippen LogP contribution in [0.3, 0.4) is 0 Å². The third kappa shape index (κ3) is 3.16. The Morgan fingerprint density at radius 2 is 2.29 bits per heavy atom. The molecule has 1 rings (SSSR count). The zero-order chi connectivity index (χ0) is 10.4. The molecule has 0 spiro atoms. The first-order valence-electron chi connectivity index (χ1n) is 4.73. The number of carbonyl (C=O) groups is 1. The molecular weight excluding hydrogens is 184 g/mol. The van der Waals surface area contributed by atoms with E-state index in [1.165, 1.54) is 0 Å². The summed E-state index contributed by atoms with van der Waals surface area (Å²) >= 11 is 0. The van der Waals surface area contributed by atoms with Crippen molar-refractivity contribution in [2.45, 2.75) is 33.1 Å². The smallest absolute Gasteiger partial charge is 0.313 e. The maximum atomic E-state index is 11.0. The highest BCUT2D eigenvalue weighted by molar-refractivity contribution is 5.71. The lowest BCUT2D eigenvalue weighted by Crippen LogP contribution is -2.08. The van der Waals surface area contributed by atoms with E-state index in [1.54, 1.807) is 6.92 Å². The van der Waals surface area contributed by atoms with Crippen LogP contribution in [0.4, 0.5) is 0 Å². The van der Waals surface area contributed by atoms with Crippen molar-refractivity contribution in [1.82, 2.24) is 10.1 Å². The normalized spacial score (nSPS) is 10.1. The lowest BCUT2D eigenvalue weighted by Gasteiger charge is -1.96. The molecule has 78 valence electrons. The van der Waals surface area contributed by atoms with Crippen molar-refractivity contribution in [2.24, 2.45) is 0 Å². The molecular formula is C9H14N2O3. The summed E-state index contributed by atoms with van der Waals surface area (Å²) in [5.41, 5.74) is 0. The molecule has 0 N–H and O–H groups in total. The summed E-state index contributed by atoms with van der Waals surface area (Å²) in [5, 5.41) is 3.67. The third-order valence-electron chi connectivity index (χ3n) is 1.58. The molecule has 0 fully saturated rings. The van der Waals surface area contributed by atoms with E-state index in [0.717, 1.165) is 12.8 Å². The Bertz CT molecular complexity index is 296. The molecule has 1 aromatic heterocycles. The van der Waals surface area contributed by atoms with Gasteiger partial charge in [0.1, 0.15) is 6.42 Å². The van der Waals surface area contributed by atoms with Gasteiger partial charge in [-0.25, -0.2) is 0 Å². The largest absolute Gasteiger partial charge is 0.466 e. The summed E-state index contributed by atoms with van der Waals surface area (Å²) in [7, 11) is 0. The van der Waals surface area contributed by atoms with Crippen molar-refractivity contribution in [3.8, 4) is 0 Å². The van der Waals surface area contributed by atoms with Crippen LogP contribution in [0.2, 0.25) is 0 Å². The van der Waals surface area contributed by atoms with Gasteiger partial charge in [0, 0.05) is 6.42 Å². The zero-order valence-electron chi connectivity index (χ0n) is 8.45. The van der Waals surface area contributed by atoms with Crippen molar-refractivity contribution >= 4 is 5.97 Å². The van der Waals surface area contributed by atoms with Gasteiger partial charge in [-0.15, -0.1) is 0 Å². The molecule has 0 unspecified atom stereocenters. The average Bonchev–Trinajstić information content (AvgIpc) is 2.53. The van der Waals surface area contributed by atoms with Crippen LogP contribution >= 0.6 is 0 Å². The maximum absolute atomic E-state index is 11.0. The third-order valence-corrected chi connectivity index (χ3v) is 1.58. The first-order valence-corrected chi connectivity index (χ1v) is 4.73. The Morgan fingerprint density at radius 1 is 1.50 bits per heavy atom. The number of esters is 1. The van der Waals surface area contributed by atoms with Gasteiger partial charge in [-0.3, -0.25) is 4.79 Å². The molecule has 0 bridgehead atoms. The van der Waals surface area contributed by atoms with Gasteiger partial charge in [0.2, 0.25) is 5.89 Å². The Morgan fingerprint density at radius 3 is 2.93 bits per heavy atom. The Hall–Kier alpha value is -1.39. The number of carbonyl (C=O) groups excluding carboxylic acids is 1. The molecule has 0 aromatic carbocycles. The topological polar surface area (TPSA) is 65.2 Å². The maximum Gasteiger partial charge on any atom is 0.313 e. The molecule has 0 saturated carbocycles. The number of aryl methyl sites for hydroxylation is 1. The van der Waals surface area contributed by atoms with Gasteiger partial charge in [-0.1, -0.05) is 12.1 Å². The number of aromatic nitrogens is 2. The fourth-order valence-electron chi connectivity index (χ4n) is 1.02. The molecule has 0 saturated heterocycles. The first-order chi connectivity index (χ1) is 6.76. The van der Waals surface area contributed by atoms with Crippen LogP contribution in [-0.4, -0.2) is 22.7 Å². The molecule has 0 atom stereocenters. The quantitative estimate of drug-likeness (QED) is 0.663. The van der Waals surface area contributed by atoms with Gasteiger partial charge in [0.25, 0.3) is 0 Å². The number of ether oxygens (including phenoxy) is 1. The number of hydrogen-bond donors (Lipinski definition) is 0. The van der Waals surface area contributed by atoms with E-state index in [2.05, 4.69) is 10.1 Å². The summed E-state index contributed by atoms with van der Waals surface area (Å²) in [6.45, 7) is 4.16. The van der Waals surface area contributed by atoms with Gasteiger partial charge in [-0.05, 0) is 13.3 Å². The van der Waals surface area contributed by atoms with Crippen molar-refractivity contribution in [2.75, 3.05) is 6.61 Å². The summed E-state index contributed by atoms with van der Waals surface area (Å²) < 4.78 is 9.67. The van der Waals surface area contributed by atoms with E-state index in [1.807, 2.05) is 6.92 Å². The lowest BCUT2D eigenvalue weighted by atomic mass is 10.3. The molecule has 0 aliphatic heterocycles. The minimum atomic E-state index is -0.323. The number of nitrogens with zero attached hydrogens (tertiary/aromatic N) is 2. The molecule has 0 radical (unpaired) electrons. The molecule has 0 aliphatic carbocycles. The minimum Gasteiger partial charge on any atom is -0.466 e. The molecule has 1 aromatic rings. The number of hydrogen-bond acceptors (Lipinski definition) is 5. The van der Waals surface area contributed by atoms with Crippen molar-refractivity contribution < 1.29 is 14.1 Å². The lowest BCUT2D eigenvalue weighted by molar-refractivity contribution is -0.142. The van der Waals surface area contributed by atoms with Crippen LogP contribution in [0.5, 0.6) is 0 Å². The van der Waals surface area contributed by atoms with Gasteiger partial charge < -0.3 is 9.26 Å². The average molecular weight is 198 g/mol. The van der Waals surface area contributed by atoms with Crippen molar-refractivity contribution in [1.29, 1.82) is 0 Å². The van der Waals surface area contributed by atoms with Crippen molar-refractivity contribution in [3.05, 3.63) is 11.7 Å². The highest BCUT2D eigenvalue weighted by Gasteiger charge is 2.10. The first kappa shape index (κ1) is 10.7. The molecule has 0 aliphatic rings. The standard InChI is InChI=1S/C9H14N2O3/c1-3-5-8-10-7(11-14-8)6-9(12)13-4-2/h3-6H2,1-2H3. The van der Waals surface area contributed by atoms with Crippen LogP contribution in [0.1, 0.15) is 32.0 Å². The highest BCUT2D eigenvalue weighted by Crippen LogP contribution is 2.01. The zero-order valence-corrected chi connectivity index (χ0v) is 8.45. The van der Waals surface area contributed by atoms with Gasteiger partial charge in [-0.2, -0.15) is 4.98 Å². The fraction of sp³-hybridized carbons (Fsp3) is 0.667. The summed E-state index contributed by atoms with van der Waals surface area (Å²) in [6.07, 6.45) is 1.78. The summed E-state index contributed by atoms with van der Waals surface area (Å²) in [4.78, 5) is 15.1. The Balaban J connectivity index is 2.46.